The van der Waals surface area contributed by atoms with E-state index in [1.54, 1.807) is 20.3 Å². The minimum Gasteiger partial charge on any atom is -0.481 e. The molecule has 5 nitrogen and oxygen atoms in total. The Hall–Kier alpha value is -1.23. The summed E-state index contributed by atoms with van der Waals surface area (Å²) in [5.41, 5.74) is 0. The quantitative estimate of drug-likeness (QED) is 0.766. The van der Waals surface area contributed by atoms with Crippen molar-refractivity contribution < 1.29 is 9.47 Å². The maximum Gasteiger partial charge on any atom is 0.231 e. The fourth-order valence-corrected chi connectivity index (χ4v) is 2.14. The second-order valence-corrected chi connectivity index (χ2v) is 4.32. The van der Waals surface area contributed by atoms with Gasteiger partial charge in [0.15, 0.2) is 0 Å². The second-order valence-electron chi connectivity index (χ2n) is 4.01. The van der Waals surface area contributed by atoms with Crippen LogP contribution in [0.25, 0.3) is 0 Å². The number of anilines is 1. The smallest absolute Gasteiger partial charge is 0.231 e. The Balaban J connectivity index is 2.20. The summed E-state index contributed by atoms with van der Waals surface area (Å²) in [6.45, 7) is 1.81. The minimum atomic E-state index is 0.512. The summed E-state index contributed by atoms with van der Waals surface area (Å²) in [5, 5.41) is 0. The van der Waals surface area contributed by atoms with Crippen molar-refractivity contribution in [3.63, 3.8) is 0 Å². The lowest BCUT2D eigenvalue weighted by Gasteiger charge is -2.17. The van der Waals surface area contributed by atoms with Gasteiger partial charge in [0, 0.05) is 19.0 Å². The molecule has 0 aliphatic carbocycles. The van der Waals surface area contributed by atoms with E-state index in [1.807, 2.05) is 0 Å². The number of methoxy groups -OCH3 is 2. The third kappa shape index (κ3) is 2.72. The molecule has 1 fully saturated rings. The molecule has 2 heterocycles. The number of nitrogens with zero attached hydrogens (tertiary/aromatic N) is 3. The van der Waals surface area contributed by atoms with Crippen LogP contribution in [0.4, 0.5) is 5.95 Å². The zero-order valence-electron chi connectivity index (χ0n) is 10.0. The van der Waals surface area contributed by atoms with E-state index in [-0.39, 0.29) is 0 Å². The maximum absolute atomic E-state index is 5.86. The van der Waals surface area contributed by atoms with Gasteiger partial charge >= 0.3 is 0 Å². The molecule has 0 spiro atoms. The summed E-state index contributed by atoms with van der Waals surface area (Å²) in [4.78, 5) is 10.7. The topological polar surface area (TPSA) is 47.5 Å². The lowest BCUT2D eigenvalue weighted by molar-refractivity contribution is 0.372. The van der Waals surface area contributed by atoms with Gasteiger partial charge in [-0.15, -0.1) is 11.6 Å². The lowest BCUT2D eigenvalue weighted by Crippen LogP contribution is -2.22. The Morgan fingerprint density at radius 2 is 2.00 bits per heavy atom. The van der Waals surface area contributed by atoms with E-state index in [0.717, 1.165) is 19.5 Å². The predicted molar refractivity (Wildman–Crippen MR) is 66.2 cm³/mol. The van der Waals surface area contributed by atoms with Crippen LogP contribution in [-0.2, 0) is 0 Å². The molecule has 0 amide bonds. The van der Waals surface area contributed by atoms with Crippen LogP contribution in [0.3, 0.4) is 0 Å². The molecule has 1 aliphatic heterocycles. The van der Waals surface area contributed by atoms with Crippen LogP contribution in [0.5, 0.6) is 11.8 Å². The van der Waals surface area contributed by atoms with Crippen molar-refractivity contribution in [1.82, 2.24) is 9.97 Å². The molecule has 1 unspecified atom stereocenters. The molecule has 0 aromatic carbocycles. The average Bonchev–Trinajstić information content (AvgIpc) is 2.86. The molecule has 1 saturated heterocycles. The zero-order valence-corrected chi connectivity index (χ0v) is 10.8. The molecule has 1 atom stereocenters. The first-order valence-electron chi connectivity index (χ1n) is 5.54. The number of ether oxygens (including phenoxy) is 2. The van der Waals surface area contributed by atoms with Gasteiger partial charge in [0.25, 0.3) is 0 Å². The van der Waals surface area contributed by atoms with Gasteiger partial charge in [-0.25, -0.2) is 0 Å². The van der Waals surface area contributed by atoms with Gasteiger partial charge in [0.1, 0.15) is 0 Å². The number of alkyl halides is 1. The monoisotopic (exact) mass is 257 g/mol. The van der Waals surface area contributed by atoms with E-state index in [2.05, 4.69) is 14.9 Å². The van der Waals surface area contributed by atoms with Crippen molar-refractivity contribution in [2.24, 2.45) is 5.92 Å². The Labute approximate surface area is 106 Å². The van der Waals surface area contributed by atoms with Crippen LogP contribution in [0.2, 0.25) is 0 Å². The molecule has 1 aromatic heterocycles. The van der Waals surface area contributed by atoms with E-state index >= 15 is 0 Å². The van der Waals surface area contributed by atoms with Crippen LogP contribution in [-0.4, -0.2) is 43.2 Å². The van der Waals surface area contributed by atoms with E-state index in [9.17, 15) is 0 Å². The summed E-state index contributed by atoms with van der Waals surface area (Å²) in [6.07, 6.45) is 1.08. The van der Waals surface area contributed by atoms with E-state index in [0.29, 0.717) is 29.5 Å². The zero-order chi connectivity index (χ0) is 12.3. The fourth-order valence-electron chi connectivity index (χ4n) is 1.88. The van der Waals surface area contributed by atoms with Crippen LogP contribution in [0.15, 0.2) is 6.07 Å². The number of rotatable bonds is 4. The summed E-state index contributed by atoms with van der Waals surface area (Å²) >= 11 is 5.86. The summed E-state index contributed by atoms with van der Waals surface area (Å²) in [7, 11) is 3.16. The summed E-state index contributed by atoms with van der Waals surface area (Å²) < 4.78 is 10.3. The first kappa shape index (κ1) is 12.2. The van der Waals surface area contributed by atoms with Crippen LogP contribution in [0, 0.1) is 5.92 Å². The number of hydrogen-bond acceptors (Lipinski definition) is 5. The average molecular weight is 258 g/mol. The number of halogens is 1. The van der Waals surface area contributed by atoms with Gasteiger partial charge in [-0.05, 0) is 12.3 Å². The normalized spacial score (nSPS) is 19.5. The SMILES string of the molecule is COc1cc(OC)nc(N2CCC(CCl)C2)n1. The van der Waals surface area contributed by atoms with E-state index < -0.39 is 0 Å². The third-order valence-corrected chi connectivity index (χ3v) is 3.31. The van der Waals surface area contributed by atoms with Gasteiger partial charge in [-0.1, -0.05) is 0 Å². The van der Waals surface area contributed by atoms with Gasteiger partial charge in [0.05, 0.1) is 20.3 Å². The van der Waals surface area contributed by atoms with Gasteiger partial charge in [0.2, 0.25) is 17.7 Å². The lowest BCUT2D eigenvalue weighted by atomic mass is 10.2. The molecule has 1 aliphatic rings. The minimum absolute atomic E-state index is 0.512. The van der Waals surface area contributed by atoms with Crippen LogP contribution < -0.4 is 14.4 Å². The molecule has 6 heteroatoms. The molecular formula is C11H16ClN3O2. The summed E-state index contributed by atoms with van der Waals surface area (Å²) in [5.74, 6) is 2.87. The van der Waals surface area contributed by atoms with Crippen molar-refractivity contribution in [3.8, 4) is 11.8 Å². The molecule has 0 N–H and O–H groups in total. The second kappa shape index (κ2) is 5.40. The first-order valence-corrected chi connectivity index (χ1v) is 6.08. The van der Waals surface area contributed by atoms with Crippen molar-refractivity contribution in [2.75, 3.05) is 38.1 Å². The highest BCUT2D eigenvalue weighted by atomic mass is 35.5. The Morgan fingerprint density at radius 3 is 2.47 bits per heavy atom. The predicted octanol–water partition coefficient (Wildman–Crippen LogP) is 1.56. The van der Waals surface area contributed by atoms with Crippen molar-refractivity contribution in [2.45, 2.75) is 6.42 Å². The van der Waals surface area contributed by atoms with Gasteiger partial charge < -0.3 is 14.4 Å². The highest BCUT2D eigenvalue weighted by molar-refractivity contribution is 6.18. The van der Waals surface area contributed by atoms with Crippen LogP contribution in [0.1, 0.15) is 6.42 Å². The van der Waals surface area contributed by atoms with Gasteiger partial charge in [-0.3, -0.25) is 0 Å². The molecule has 17 heavy (non-hydrogen) atoms. The molecule has 0 radical (unpaired) electrons. The van der Waals surface area contributed by atoms with E-state index in [4.69, 9.17) is 21.1 Å². The molecule has 94 valence electrons. The Kier molecular flexibility index (Phi) is 3.89. The Bertz CT molecular complexity index is 367. The molecule has 0 bridgehead atoms. The molecule has 2 rings (SSSR count). The molecule has 1 aromatic rings. The Morgan fingerprint density at radius 1 is 1.35 bits per heavy atom. The highest BCUT2D eigenvalue weighted by Gasteiger charge is 2.24. The maximum atomic E-state index is 5.86. The van der Waals surface area contributed by atoms with E-state index in [1.165, 1.54) is 0 Å². The largest absolute Gasteiger partial charge is 0.481 e. The molecule has 0 saturated carbocycles. The van der Waals surface area contributed by atoms with Crippen molar-refractivity contribution >= 4 is 17.5 Å². The number of aromatic nitrogens is 2. The third-order valence-electron chi connectivity index (χ3n) is 2.87. The fraction of sp³-hybridized carbons (Fsp3) is 0.636. The molecular weight excluding hydrogens is 242 g/mol. The highest BCUT2D eigenvalue weighted by Crippen LogP contribution is 2.25. The van der Waals surface area contributed by atoms with Crippen molar-refractivity contribution in [1.29, 1.82) is 0 Å². The first-order chi connectivity index (χ1) is 8.26. The summed E-state index contributed by atoms with van der Waals surface area (Å²) in [6, 6.07) is 1.67. The van der Waals surface area contributed by atoms with Crippen LogP contribution >= 0.6 is 11.6 Å². The number of hydrogen-bond donors (Lipinski definition) is 0. The standard InChI is InChI=1S/C11H16ClN3O2/c1-16-9-5-10(17-2)14-11(13-9)15-4-3-8(6-12)7-15/h5,8H,3-4,6-7H2,1-2H3. The van der Waals surface area contributed by atoms with Gasteiger partial charge in [-0.2, -0.15) is 9.97 Å². The van der Waals surface area contributed by atoms with Crippen molar-refractivity contribution in [3.05, 3.63) is 6.07 Å².